The maximum absolute atomic E-state index is 12.4. The van der Waals surface area contributed by atoms with Crippen LogP contribution in [0.4, 0.5) is 19.1 Å². The Morgan fingerprint density at radius 3 is 2.53 bits per heavy atom. The van der Waals surface area contributed by atoms with E-state index in [0.29, 0.717) is 0 Å². The minimum Gasteiger partial charge on any atom is -0.480 e. The summed E-state index contributed by atoms with van der Waals surface area (Å²) in [7, 11) is 1.31. The number of hydrogen-bond donors (Lipinski definition) is 1. The van der Waals surface area contributed by atoms with E-state index in [2.05, 4.69) is 9.97 Å². The summed E-state index contributed by atoms with van der Waals surface area (Å²) in [4.78, 5) is 18.5. The number of aryl methyl sites for hydroxylation is 1. The molecule has 17 heavy (non-hydrogen) atoms. The summed E-state index contributed by atoms with van der Waals surface area (Å²) in [5, 5.41) is 8.52. The zero-order valence-electron chi connectivity index (χ0n) is 9.12. The van der Waals surface area contributed by atoms with Crippen molar-refractivity contribution in [3.05, 3.63) is 17.5 Å². The number of aliphatic carboxylic acids is 1. The van der Waals surface area contributed by atoms with Gasteiger partial charge in [-0.1, -0.05) is 0 Å². The molecule has 0 amide bonds. The highest BCUT2D eigenvalue weighted by molar-refractivity contribution is 5.72. The van der Waals surface area contributed by atoms with Crippen LogP contribution in [-0.4, -0.2) is 34.6 Å². The molecule has 0 bridgehead atoms. The number of halogens is 3. The minimum atomic E-state index is -4.58. The van der Waals surface area contributed by atoms with Crippen LogP contribution < -0.4 is 4.90 Å². The number of carboxylic acid groups (broad SMARTS) is 1. The van der Waals surface area contributed by atoms with Gasteiger partial charge in [0.2, 0.25) is 5.95 Å². The van der Waals surface area contributed by atoms with E-state index in [9.17, 15) is 18.0 Å². The zero-order chi connectivity index (χ0) is 13.2. The Labute approximate surface area is 94.9 Å². The summed E-state index contributed by atoms with van der Waals surface area (Å²) in [6.07, 6.45) is -4.58. The van der Waals surface area contributed by atoms with Crippen LogP contribution in [0.3, 0.4) is 0 Å². The third-order valence-electron chi connectivity index (χ3n) is 1.85. The SMILES string of the molecule is Cc1cc(C(F)(F)F)nc(N(C)CC(=O)O)n1. The zero-order valence-corrected chi connectivity index (χ0v) is 9.12. The molecule has 5 nitrogen and oxygen atoms in total. The normalized spacial score (nSPS) is 11.4. The molecule has 0 spiro atoms. The van der Waals surface area contributed by atoms with Crippen LogP contribution >= 0.6 is 0 Å². The molecule has 0 aliphatic heterocycles. The third kappa shape index (κ3) is 3.58. The highest BCUT2D eigenvalue weighted by atomic mass is 19.4. The van der Waals surface area contributed by atoms with Crippen LogP contribution in [0.25, 0.3) is 0 Å². The molecule has 0 saturated carbocycles. The van der Waals surface area contributed by atoms with E-state index in [1.165, 1.54) is 14.0 Å². The molecule has 1 heterocycles. The van der Waals surface area contributed by atoms with E-state index in [0.717, 1.165) is 11.0 Å². The Morgan fingerprint density at radius 1 is 1.47 bits per heavy atom. The Morgan fingerprint density at radius 2 is 2.06 bits per heavy atom. The topological polar surface area (TPSA) is 66.3 Å². The number of carboxylic acids is 1. The second-order valence-electron chi connectivity index (χ2n) is 3.44. The number of carbonyl (C=O) groups is 1. The van der Waals surface area contributed by atoms with Gasteiger partial charge in [0.1, 0.15) is 12.2 Å². The van der Waals surface area contributed by atoms with Crippen molar-refractivity contribution in [3.63, 3.8) is 0 Å². The molecule has 0 aliphatic carbocycles. The summed E-state index contributed by atoms with van der Waals surface area (Å²) in [6.45, 7) is 0.912. The van der Waals surface area contributed by atoms with Gasteiger partial charge in [-0.25, -0.2) is 9.97 Å². The molecule has 0 saturated heterocycles. The Bertz CT molecular complexity index is 434. The number of nitrogens with zero attached hydrogens (tertiary/aromatic N) is 3. The summed E-state index contributed by atoms with van der Waals surface area (Å²) in [6, 6.07) is 0.804. The maximum Gasteiger partial charge on any atom is 0.433 e. The first-order chi connectivity index (χ1) is 7.70. The van der Waals surface area contributed by atoms with Crippen LogP contribution in [0.1, 0.15) is 11.4 Å². The van der Waals surface area contributed by atoms with Crippen LogP contribution in [0, 0.1) is 6.92 Å². The molecule has 0 aliphatic rings. The van der Waals surface area contributed by atoms with Crippen LogP contribution in [-0.2, 0) is 11.0 Å². The van der Waals surface area contributed by atoms with Crippen LogP contribution in [0.5, 0.6) is 0 Å². The number of hydrogen-bond acceptors (Lipinski definition) is 4. The highest BCUT2D eigenvalue weighted by Gasteiger charge is 2.33. The highest BCUT2D eigenvalue weighted by Crippen LogP contribution is 2.28. The van der Waals surface area contributed by atoms with Crippen LogP contribution in [0.2, 0.25) is 0 Å². The Kier molecular flexibility index (Phi) is 3.54. The fourth-order valence-electron chi connectivity index (χ4n) is 1.14. The van der Waals surface area contributed by atoms with Crippen molar-refractivity contribution in [2.24, 2.45) is 0 Å². The standard InChI is InChI=1S/C9H10F3N3O2/c1-5-3-6(9(10,11)12)14-8(13-5)15(2)4-7(16)17/h3H,4H2,1-2H3,(H,16,17). The van der Waals surface area contributed by atoms with E-state index in [1.54, 1.807) is 0 Å². The summed E-state index contributed by atoms with van der Waals surface area (Å²) in [5.74, 6) is -1.44. The van der Waals surface area contributed by atoms with Crippen molar-refractivity contribution in [2.45, 2.75) is 13.1 Å². The van der Waals surface area contributed by atoms with Crippen molar-refractivity contribution >= 4 is 11.9 Å². The molecule has 0 aromatic carbocycles. The summed E-state index contributed by atoms with van der Waals surface area (Å²) in [5.41, 5.74) is -0.961. The Hall–Kier alpha value is -1.86. The smallest absolute Gasteiger partial charge is 0.433 e. The molecule has 1 N–H and O–H groups in total. The molecule has 1 rings (SSSR count). The van der Waals surface area contributed by atoms with Crippen molar-refractivity contribution in [1.82, 2.24) is 9.97 Å². The first kappa shape index (κ1) is 13.2. The predicted octanol–water partition coefficient (Wildman–Crippen LogP) is 1.32. The van der Waals surface area contributed by atoms with Crippen molar-refractivity contribution in [3.8, 4) is 0 Å². The molecule has 0 atom stereocenters. The van der Waals surface area contributed by atoms with E-state index in [-0.39, 0.29) is 11.6 Å². The summed E-state index contributed by atoms with van der Waals surface area (Å²) >= 11 is 0. The largest absolute Gasteiger partial charge is 0.480 e. The number of anilines is 1. The Balaban J connectivity index is 3.09. The number of likely N-dealkylation sites (N-methyl/N-ethyl adjacent to an activating group) is 1. The summed E-state index contributed by atoms with van der Waals surface area (Å²) < 4.78 is 37.3. The van der Waals surface area contributed by atoms with Gasteiger partial charge in [0.15, 0.2) is 0 Å². The lowest BCUT2D eigenvalue weighted by Gasteiger charge is -2.16. The quantitative estimate of drug-likeness (QED) is 0.875. The molecular weight excluding hydrogens is 239 g/mol. The molecule has 0 radical (unpaired) electrons. The predicted molar refractivity (Wildman–Crippen MR) is 52.7 cm³/mol. The molecule has 94 valence electrons. The first-order valence-electron chi connectivity index (χ1n) is 4.56. The van der Waals surface area contributed by atoms with Crippen molar-refractivity contribution in [2.75, 3.05) is 18.5 Å². The lowest BCUT2D eigenvalue weighted by atomic mass is 10.3. The first-order valence-corrected chi connectivity index (χ1v) is 4.56. The average molecular weight is 249 g/mol. The van der Waals surface area contributed by atoms with Gasteiger partial charge >= 0.3 is 12.1 Å². The number of alkyl halides is 3. The molecule has 1 aromatic heterocycles. The van der Waals surface area contributed by atoms with Gasteiger partial charge in [-0.3, -0.25) is 4.79 Å². The van der Waals surface area contributed by atoms with Crippen molar-refractivity contribution in [1.29, 1.82) is 0 Å². The van der Waals surface area contributed by atoms with Crippen LogP contribution in [0.15, 0.2) is 6.07 Å². The van der Waals surface area contributed by atoms with Gasteiger partial charge in [-0.05, 0) is 13.0 Å². The maximum atomic E-state index is 12.4. The average Bonchev–Trinajstić information content (AvgIpc) is 2.14. The van der Waals surface area contributed by atoms with Crippen molar-refractivity contribution < 1.29 is 23.1 Å². The van der Waals surface area contributed by atoms with Gasteiger partial charge in [0, 0.05) is 12.7 Å². The fraction of sp³-hybridized carbons (Fsp3) is 0.444. The molecular formula is C9H10F3N3O2. The second kappa shape index (κ2) is 4.56. The van der Waals surface area contributed by atoms with Gasteiger partial charge in [-0.15, -0.1) is 0 Å². The number of rotatable bonds is 3. The fourth-order valence-corrected chi connectivity index (χ4v) is 1.14. The number of aromatic nitrogens is 2. The second-order valence-corrected chi connectivity index (χ2v) is 3.44. The minimum absolute atomic E-state index is 0.125. The monoisotopic (exact) mass is 249 g/mol. The van der Waals surface area contributed by atoms with E-state index < -0.39 is 24.4 Å². The van der Waals surface area contributed by atoms with E-state index in [4.69, 9.17) is 5.11 Å². The van der Waals surface area contributed by atoms with Gasteiger partial charge in [0.25, 0.3) is 0 Å². The third-order valence-corrected chi connectivity index (χ3v) is 1.85. The molecule has 0 fully saturated rings. The molecule has 8 heteroatoms. The molecule has 0 unspecified atom stereocenters. The lowest BCUT2D eigenvalue weighted by molar-refractivity contribution is -0.141. The molecule has 1 aromatic rings. The lowest BCUT2D eigenvalue weighted by Crippen LogP contribution is -2.28. The van der Waals surface area contributed by atoms with E-state index >= 15 is 0 Å². The van der Waals surface area contributed by atoms with E-state index in [1.807, 2.05) is 0 Å². The van der Waals surface area contributed by atoms with Gasteiger partial charge < -0.3 is 10.0 Å². The van der Waals surface area contributed by atoms with Gasteiger partial charge in [0.05, 0.1) is 0 Å². The van der Waals surface area contributed by atoms with Gasteiger partial charge in [-0.2, -0.15) is 13.2 Å².